The zero-order chi connectivity index (χ0) is 11.2. The maximum absolute atomic E-state index is 9.47. The number of aryl methyl sites for hydroxylation is 1. The highest BCUT2D eigenvalue weighted by atomic mass is 16.3. The molecule has 0 atom stereocenters. The quantitative estimate of drug-likeness (QED) is 0.703. The van der Waals surface area contributed by atoms with E-state index in [-0.39, 0.29) is 11.5 Å². The molecule has 3 nitrogen and oxygen atoms in total. The van der Waals surface area contributed by atoms with Gasteiger partial charge >= 0.3 is 0 Å². The van der Waals surface area contributed by atoms with Gasteiger partial charge in [0.1, 0.15) is 0 Å². The normalized spacial score (nSPS) is 11.5. The minimum Gasteiger partial charge on any atom is -0.504 e. The summed E-state index contributed by atoms with van der Waals surface area (Å²) in [7, 11) is 0. The van der Waals surface area contributed by atoms with Crippen LogP contribution in [-0.4, -0.2) is 14.8 Å². The monoisotopic (exact) mass is 205 g/mol. The van der Waals surface area contributed by atoms with Crippen LogP contribution in [0, 0.1) is 6.92 Å². The van der Waals surface area contributed by atoms with Crippen LogP contribution >= 0.6 is 0 Å². The highest BCUT2D eigenvalue weighted by molar-refractivity contribution is 5.85. The molecule has 0 spiro atoms. The molecule has 0 saturated carbocycles. The van der Waals surface area contributed by atoms with Crippen molar-refractivity contribution in [1.82, 2.24) is 4.57 Å². The van der Waals surface area contributed by atoms with Crippen LogP contribution in [0.2, 0.25) is 0 Å². The third-order valence-electron chi connectivity index (χ3n) is 2.64. The molecule has 1 aromatic carbocycles. The zero-order valence-electron chi connectivity index (χ0n) is 9.15. The molecule has 2 rings (SSSR count). The number of rotatable bonds is 1. The summed E-state index contributed by atoms with van der Waals surface area (Å²) in [5.41, 5.74) is 2.09. The maximum Gasteiger partial charge on any atom is 0.159 e. The van der Waals surface area contributed by atoms with Crippen LogP contribution in [0.4, 0.5) is 0 Å². The molecule has 0 saturated heterocycles. The summed E-state index contributed by atoms with van der Waals surface area (Å²) in [6.45, 7) is 6.21. The van der Waals surface area contributed by atoms with Gasteiger partial charge in [0.25, 0.3) is 0 Å². The van der Waals surface area contributed by atoms with E-state index in [9.17, 15) is 10.2 Å². The van der Waals surface area contributed by atoms with Gasteiger partial charge in [-0.05, 0) is 32.9 Å². The Balaban J connectivity index is 2.81. The lowest BCUT2D eigenvalue weighted by atomic mass is 10.2. The van der Waals surface area contributed by atoms with Gasteiger partial charge in [-0.2, -0.15) is 0 Å². The molecule has 0 aliphatic carbocycles. The molecule has 0 unspecified atom stereocenters. The molecule has 0 bridgehead atoms. The molecule has 0 radical (unpaired) electrons. The number of benzene rings is 1. The van der Waals surface area contributed by atoms with Crippen molar-refractivity contribution < 1.29 is 10.2 Å². The molecule has 3 heteroatoms. The Hall–Kier alpha value is -1.64. The Bertz CT molecular complexity index is 512. The first-order chi connectivity index (χ1) is 7.00. The van der Waals surface area contributed by atoms with Crippen LogP contribution < -0.4 is 0 Å². The molecule has 2 aromatic rings. The van der Waals surface area contributed by atoms with E-state index in [0.717, 1.165) is 16.6 Å². The number of aromatic hydroxyl groups is 2. The van der Waals surface area contributed by atoms with Gasteiger partial charge in [0, 0.05) is 23.2 Å². The van der Waals surface area contributed by atoms with Crippen molar-refractivity contribution in [3.8, 4) is 11.5 Å². The first-order valence-corrected chi connectivity index (χ1v) is 5.04. The van der Waals surface area contributed by atoms with Gasteiger partial charge in [0.15, 0.2) is 11.5 Å². The molecule has 15 heavy (non-hydrogen) atoms. The summed E-state index contributed by atoms with van der Waals surface area (Å²) >= 11 is 0. The van der Waals surface area contributed by atoms with E-state index in [0.29, 0.717) is 6.04 Å². The van der Waals surface area contributed by atoms with E-state index in [1.807, 2.05) is 13.0 Å². The standard InChI is InChI=1S/C12H15NO2/c1-7(2)13-8(3)4-9-5-11(14)12(15)6-10(9)13/h4-7,14-15H,1-3H3. The second-order valence-corrected chi connectivity index (χ2v) is 4.15. The third-order valence-corrected chi connectivity index (χ3v) is 2.64. The number of phenols is 2. The van der Waals surface area contributed by atoms with Gasteiger partial charge in [0.2, 0.25) is 0 Å². The molecule has 1 heterocycles. The van der Waals surface area contributed by atoms with Crippen LogP contribution in [0.5, 0.6) is 11.5 Å². The van der Waals surface area contributed by atoms with E-state index in [1.165, 1.54) is 0 Å². The molecule has 0 amide bonds. The first-order valence-electron chi connectivity index (χ1n) is 5.04. The average Bonchev–Trinajstić information content (AvgIpc) is 2.41. The van der Waals surface area contributed by atoms with Crippen LogP contribution in [0.3, 0.4) is 0 Å². The van der Waals surface area contributed by atoms with Crippen molar-refractivity contribution >= 4 is 10.9 Å². The molecule has 0 aliphatic rings. The summed E-state index contributed by atoms with van der Waals surface area (Å²) < 4.78 is 2.13. The highest BCUT2D eigenvalue weighted by Gasteiger charge is 2.11. The smallest absolute Gasteiger partial charge is 0.159 e. The van der Waals surface area contributed by atoms with Crippen molar-refractivity contribution in [3.05, 3.63) is 23.9 Å². The Kier molecular flexibility index (Phi) is 2.11. The fourth-order valence-electron chi connectivity index (χ4n) is 2.08. The van der Waals surface area contributed by atoms with Gasteiger partial charge in [-0.25, -0.2) is 0 Å². The SMILES string of the molecule is Cc1cc2cc(O)c(O)cc2n1C(C)C. The van der Waals surface area contributed by atoms with E-state index in [1.54, 1.807) is 12.1 Å². The predicted molar refractivity (Wildman–Crippen MR) is 60.4 cm³/mol. The topological polar surface area (TPSA) is 45.4 Å². The lowest BCUT2D eigenvalue weighted by Gasteiger charge is -2.12. The van der Waals surface area contributed by atoms with Crippen molar-refractivity contribution in [3.63, 3.8) is 0 Å². The van der Waals surface area contributed by atoms with Crippen LogP contribution in [0.1, 0.15) is 25.6 Å². The summed E-state index contributed by atoms with van der Waals surface area (Å²) in [4.78, 5) is 0. The number of hydrogen-bond acceptors (Lipinski definition) is 2. The Morgan fingerprint density at radius 3 is 2.27 bits per heavy atom. The molecular formula is C12H15NO2. The summed E-state index contributed by atoms with van der Waals surface area (Å²) in [6.07, 6.45) is 0. The van der Waals surface area contributed by atoms with Crippen molar-refractivity contribution in [2.24, 2.45) is 0 Å². The van der Waals surface area contributed by atoms with E-state index < -0.39 is 0 Å². The first kappa shape index (κ1) is 9.90. The summed E-state index contributed by atoms with van der Waals surface area (Å²) in [6, 6.07) is 5.55. The van der Waals surface area contributed by atoms with Gasteiger partial charge in [-0.1, -0.05) is 0 Å². The van der Waals surface area contributed by atoms with E-state index in [4.69, 9.17) is 0 Å². The number of nitrogens with zero attached hydrogens (tertiary/aromatic N) is 1. The number of hydrogen-bond donors (Lipinski definition) is 2. The second-order valence-electron chi connectivity index (χ2n) is 4.15. The van der Waals surface area contributed by atoms with Gasteiger partial charge < -0.3 is 14.8 Å². The average molecular weight is 205 g/mol. The maximum atomic E-state index is 9.47. The molecule has 80 valence electrons. The summed E-state index contributed by atoms with van der Waals surface area (Å²) in [5.74, 6) is -0.133. The van der Waals surface area contributed by atoms with Crippen LogP contribution in [0.25, 0.3) is 10.9 Å². The summed E-state index contributed by atoms with van der Waals surface area (Å²) in [5, 5.41) is 19.8. The largest absolute Gasteiger partial charge is 0.504 e. The fourth-order valence-corrected chi connectivity index (χ4v) is 2.08. The van der Waals surface area contributed by atoms with Crippen molar-refractivity contribution in [2.45, 2.75) is 26.8 Å². The Morgan fingerprint density at radius 2 is 1.67 bits per heavy atom. The minimum atomic E-state index is -0.0671. The molecule has 0 aliphatic heterocycles. The lowest BCUT2D eigenvalue weighted by Crippen LogP contribution is -2.01. The van der Waals surface area contributed by atoms with E-state index >= 15 is 0 Å². The third kappa shape index (κ3) is 1.44. The minimum absolute atomic E-state index is 0.0663. The highest BCUT2D eigenvalue weighted by Crippen LogP contribution is 2.33. The lowest BCUT2D eigenvalue weighted by molar-refractivity contribution is 0.404. The Labute approximate surface area is 88.6 Å². The van der Waals surface area contributed by atoms with Gasteiger partial charge in [-0.15, -0.1) is 0 Å². The zero-order valence-corrected chi connectivity index (χ0v) is 9.15. The molecule has 1 aromatic heterocycles. The van der Waals surface area contributed by atoms with Crippen LogP contribution in [-0.2, 0) is 0 Å². The van der Waals surface area contributed by atoms with Crippen molar-refractivity contribution in [1.29, 1.82) is 0 Å². The second kappa shape index (κ2) is 3.19. The predicted octanol–water partition coefficient (Wildman–Crippen LogP) is 2.94. The number of aromatic nitrogens is 1. The van der Waals surface area contributed by atoms with Crippen LogP contribution in [0.15, 0.2) is 18.2 Å². The fraction of sp³-hybridized carbons (Fsp3) is 0.333. The van der Waals surface area contributed by atoms with Crippen molar-refractivity contribution in [2.75, 3.05) is 0 Å². The Morgan fingerprint density at radius 1 is 1.07 bits per heavy atom. The van der Waals surface area contributed by atoms with Gasteiger partial charge in [-0.3, -0.25) is 0 Å². The molecule has 0 fully saturated rings. The number of fused-ring (bicyclic) bond motifs is 1. The molecule has 2 N–H and O–H groups in total. The van der Waals surface area contributed by atoms with E-state index in [2.05, 4.69) is 18.4 Å². The van der Waals surface area contributed by atoms with Gasteiger partial charge in [0.05, 0.1) is 5.52 Å². The number of phenolic OH excluding ortho intramolecular Hbond substituents is 2. The molecular weight excluding hydrogens is 190 g/mol.